The summed E-state index contributed by atoms with van der Waals surface area (Å²) >= 11 is 11.9. The number of rotatable bonds is 7. The highest BCUT2D eigenvalue weighted by atomic mass is 35.5. The largest absolute Gasteiger partial charge is 0.361 e. The Morgan fingerprint density at radius 2 is 1.72 bits per heavy atom. The SMILES string of the molecule is OC(NCc1ccc(Cc2cnc[nH]2)cc1)Nc1cc(Cl)cc(Cl)c1. The van der Waals surface area contributed by atoms with Crippen LogP contribution < -0.4 is 10.6 Å². The molecule has 1 heterocycles. The van der Waals surface area contributed by atoms with E-state index in [1.54, 1.807) is 24.5 Å². The monoisotopic (exact) mass is 376 g/mol. The van der Waals surface area contributed by atoms with Crippen molar-refractivity contribution in [1.29, 1.82) is 0 Å². The summed E-state index contributed by atoms with van der Waals surface area (Å²) in [5.41, 5.74) is 3.98. The maximum atomic E-state index is 10.1. The molecule has 25 heavy (non-hydrogen) atoms. The molecule has 0 bridgehead atoms. The number of aromatic amines is 1. The number of aromatic nitrogens is 2. The Bertz CT molecular complexity index is 786. The third kappa shape index (κ3) is 5.47. The van der Waals surface area contributed by atoms with Gasteiger partial charge in [-0.1, -0.05) is 47.5 Å². The number of hydrogen-bond acceptors (Lipinski definition) is 4. The highest BCUT2D eigenvalue weighted by molar-refractivity contribution is 6.35. The van der Waals surface area contributed by atoms with Crippen molar-refractivity contribution >= 4 is 28.9 Å². The lowest BCUT2D eigenvalue weighted by Crippen LogP contribution is -2.35. The predicted octanol–water partition coefficient (Wildman–Crippen LogP) is 3.78. The molecule has 130 valence electrons. The number of nitrogens with one attached hydrogen (secondary N) is 3. The summed E-state index contributed by atoms with van der Waals surface area (Å²) in [6.07, 6.45) is 3.39. The first kappa shape index (κ1) is 17.8. The third-order valence-electron chi connectivity index (χ3n) is 3.64. The zero-order valence-electron chi connectivity index (χ0n) is 13.3. The molecule has 0 saturated heterocycles. The van der Waals surface area contributed by atoms with E-state index in [0.717, 1.165) is 17.7 Å². The topological polar surface area (TPSA) is 73.0 Å². The van der Waals surface area contributed by atoms with Gasteiger partial charge in [0.05, 0.1) is 6.33 Å². The van der Waals surface area contributed by atoms with Crippen molar-refractivity contribution in [3.05, 3.63) is 81.9 Å². The number of benzene rings is 2. The molecule has 0 aliphatic rings. The Hall–Kier alpha value is -2.05. The van der Waals surface area contributed by atoms with Gasteiger partial charge in [0.2, 0.25) is 0 Å². The maximum absolute atomic E-state index is 10.1. The molecule has 1 atom stereocenters. The Morgan fingerprint density at radius 3 is 2.36 bits per heavy atom. The molecule has 0 radical (unpaired) electrons. The standard InChI is InChI=1S/C18H18Cl2N4O/c19-14-6-15(20)8-16(7-14)24-18(25)22-9-13-3-1-12(2-4-13)5-17-10-21-11-23-17/h1-4,6-8,10-11,18,22,24-25H,5,9H2,(H,21,23). The summed E-state index contributed by atoms with van der Waals surface area (Å²) in [6.45, 7) is 0.521. The molecule has 0 saturated carbocycles. The molecular formula is C18H18Cl2N4O. The first-order chi connectivity index (χ1) is 12.1. The summed E-state index contributed by atoms with van der Waals surface area (Å²) in [7, 11) is 0. The highest BCUT2D eigenvalue weighted by Gasteiger charge is 2.05. The van der Waals surface area contributed by atoms with Crippen LogP contribution in [0.1, 0.15) is 16.8 Å². The van der Waals surface area contributed by atoms with Gasteiger partial charge in [0, 0.05) is 40.6 Å². The first-order valence-corrected chi connectivity index (χ1v) is 8.53. The average molecular weight is 377 g/mol. The lowest BCUT2D eigenvalue weighted by Gasteiger charge is -2.16. The van der Waals surface area contributed by atoms with E-state index in [-0.39, 0.29) is 0 Å². The van der Waals surface area contributed by atoms with Crippen LogP contribution in [0.4, 0.5) is 5.69 Å². The van der Waals surface area contributed by atoms with Crippen LogP contribution in [0.15, 0.2) is 55.0 Å². The van der Waals surface area contributed by atoms with Gasteiger partial charge in [-0.15, -0.1) is 0 Å². The lowest BCUT2D eigenvalue weighted by atomic mass is 10.1. The van der Waals surface area contributed by atoms with Crippen LogP contribution in [0.25, 0.3) is 0 Å². The molecule has 3 aromatic rings. The van der Waals surface area contributed by atoms with Gasteiger partial charge in [0.25, 0.3) is 0 Å². The van der Waals surface area contributed by atoms with Crippen molar-refractivity contribution < 1.29 is 5.11 Å². The van der Waals surface area contributed by atoms with Gasteiger partial charge in [-0.05, 0) is 29.3 Å². The minimum absolute atomic E-state index is 0.509. The smallest absolute Gasteiger partial charge is 0.181 e. The number of aliphatic hydroxyl groups is 1. The Morgan fingerprint density at radius 1 is 1.04 bits per heavy atom. The van der Waals surface area contributed by atoms with E-state index >= 15 is 0 Å². The fourth-order valence-corrected chi connectivity index (χ4v) is 2.96. The summed E-state index contributed by atoms with van der Waals surface area (Å²) in [5.74, 6) is 0. The van der Waals surface area contributed by atoms with E-state index in [1.807, 2.05) is 18.3 Å². The quantitative estimate of drug-likeness (QED) is 0.473. The molecule has 0 aliphatic heterocycles. The second kappa shape index (κ2) is 8.36. The minimum atomic E-state index is -0.917. The van der Waals surface area contributed by atoms with Crippen molar-refractivity contribution in [1.82, 2.24) is 15.3 Å². The summed E-state index contributed by atoms with van der Waals surface area (Å²) in [5, 5.41) is 17.0. The normalized spacial score (nSPS) is 12.1. The summed E-state index contributed by atoms with van der Waals surface area (Å²) in [6, 6.07) is 13.2. The van der Waals surface area contributed by atoms with Gasteiger partial charge in [0.1, 0.15) is 0 Å². The maximum Gasteiger partial charge on any atom is 0.181 e. The Kier molecular flexibility index (Phi) is 5.94. The molecule has 5 nitrogen and oxygen atoms in total. The second-order valence-corrected chi connectivity index (χ2v) is 6.53. The summed E-state index contributed by atoms with van der Waals surface area (Å²) in [4.78, 5) is 7.10. The van der Waals surface area contributed by atoms with E-state index in [4.69, 9.17) is 23.2 Å². The molecule has 0 aliphatic carbocycles. The zero-order chi connectivity index (χ0) is 17.6. The molecule has 7 heteroatoms. The number of H-pyrrole nitrogens is 1. The van der Waals surface area contributed by atoms with Gasteiger partial charge >= 0.3 is 0 Å². The molecule has 1 aromatic heterocycles. The number of hydrogen-bond donors (Lipinski definition) is 4. The van der Waals surface area contributed by atoms with Crippen molar-refractivity contribution in [3.8, 4) is 0 Å². The predicted molar refractivity (Wildman–Crippen MR) is 101 cm³/mol. The molecule has 4 N–H and O–H groups in total. The van der Waals surface area contributed by atoms with Crippen molar-refractivity contribution in [3.63, 3.8) is 0 Å². The molecule has 0 fully saturated rings. The van der Waals surface area contributed by atoms with Crippen LogP contribution in [0, 0.1) is 0 Å². The molecule has 2 aromatic carbocycles. The van der Waals surface area contributed by atoms with Crippen LogP contribution in [-0.2, 0) is 13.0 Å². The van der Waals surface area contributed by atoms with E-state index in [0.29, 0.717) is 22.3 Å². The number of anilines is 1. The lowest BCUT2D eigenvalue weighted by molar-refractivity contribution is 0.163. The number of nitrogens with zero attached hydrogens (tertiary/aromatic N) is 1. The van der Waals surface area contributed by atoms with Crippen LogP contribution in [0.5, 0.6) is 0 Å². The number of aliphatic hydroxyl groups excluding tert-OH is 1. The van der Waals surface area contributed by atoms with Gasteiger partial charge in [-0.3, -0.25) is 5.32 Å². The van der Waals surface area contributed by atoms with Crippen LogP contribution in [0.3, 0.4) is 0 Å². The highest BCUT2D eigenvalue weighted by Crippen LogP contribution is 2.22. The molecular weight excluding hydrogens is 359 g/mol. The number of imidazole rings is 1. The molecule has 1 unspecified atom stereocenters. The average Bonchev–Trinajstić information content (AvgIpc) is 3.06. The zero-order valence-corrected chi connectivity index (χ0v) is 14.8. The third-order valence-corrected chi connectivity index (χ3v) is 4.07. The number of halogens is 2. The van der Waals surface area contributed by atoms with Gasteiger partial charge < -0.3 is 15.4 Å². The molecule has 3 rings (SSSR count). The van der Waals surface area contributed by atoms with Gasteiger partial charge in [-0.2, -0.15) is 0 Å². The van der Waals surface area contributed by atoms with E-state index in [2.05, 4.69) is 32.7 Å². The molecule has 0 spiro atoms. The Balaban J connectivity index is 1.50. The van der Waals surface area contributed by atoms with E-state index < -0.39 is 6.35 Å². The van der Waals surface area contributed by atoms with Gasteiger partial charge in [-0.25, -0.2) is 4.98 Å². The molecule has 0 amide bonds. The minimum Gasteiger partial charge on any atom is -0.361 e. The first-order valence-electron chi connectivity index (χ1n) is 7.77. The van der Waals surface area contributed by atoms with Crippen LogP contribution >= 0.6 is 23.2 Å². The van der Waals surface area contributed by atoms with Gasteiger partial charge in [0.15, 0.2) is 6.35 Å². The van der Waals surface area contributed by atoms with E-state index in [1.165, 1.54) is 5.56 Å². The van der Waals surface area contributed by atoms with Crippen LogP contribution in [0.2, 0.25) is 10.0 Å². The van der Waals surface area contributed by atoms with Crippen molar-refractivity contribution in [2.24, 2.45) is 0 Å². The van der Waals surface area contributed by atoms with Crippen LogP contribution in [-0.4, -0.2) is 21.4 Å². The summed E-state index contributed by atoms with van der Waals surface area (Å²) < 4.78 is 0. The fraction of sp³-hybridized carbons (Fsp3) is 0.167. The van der Waals surface area contributed by atoms with E-state index in [9.17, 15) is 5.11 Å². The Labute approximate surface area is 156 Å². The fourth-order valence-electron chi connectivity index (χ4n) is 2.44. The second-order valence-electron chi connectivity index (χ2n) is 5.66. The van der Waals surface area contributed by atoms with Crippen molar-refractivity contribution in [2.45, 2.75) is 19.3 Å². The van der Waals surface area contributed by atoms with Crippen molar-refractivity contribution in [2.75, 3.05) is 5.32 Å².